The molecule has 0 aliphatic rings. The molecule has 2 heteroatoms. The lowest BCUT2D eigenvalue weighted by Gasteiger charge is -1.99. The average molecular weight is 229 g/mol. The zero-order valence-corrected chi connectivity index (χ0v) is 10.6. The fraction of sp³-hybridized carbons (Fsp3) is 0.400. The smallest absolute Gasteiger partial charge is 0.114 e. The van der Waals surface area contributed by atoms with E-state index < -0.39 is 0 Å². The van der Waals surface area contributed by atoms with E-state index in [1.165, 1.54) is 0 Å². The topological polar surface area (TPSA) is 21.6 Å². The molecule has 0 saturated carbocycles. The molecule has 17 heavy (non-hydrogen) atoms. The second-order valence-corrected chi connectivity index (χ2v) is 3.68. The summed E-state index contributed by atoms with van der Waals surface area (Å²) in [5, 5.41) is 0. The molecule has 1 rings (SSSR count). The predicted molar refractivity (Wildman–Crippen MR) is 72.4 cm³/mol. The first-order valence-corrected chi connectivity index (χ1v) is 5.96. The summed E-state index contributed by atoms with van der Waals surface area (Å²) in [6, 6.07) is 10.1. The second-order valence-electron chi connectivity index (χ2n) is 3.68. The van der Waals surface area contributed by atoms with Crippen LogP contribution in [0.15, 0.2) is 35.3 Å². The molecule has 90 valence electrons. The van der Waals surface area contributed by atoms with Crippen molar-refractivity contribution in [2.24, 2.45) is 4.99 Å². The Bertz CT molecular complexity index is 398. The molecule has 0 radical (unpaired) electrons. The Morgan fingerprint density at radius 2 is 2.06 bits per heavy atom. The van der Waals surface area contributed by atoms with Crippen molar-refractivity contribution in [3.63, 3.8) is 0 Å². The van der Waals surface area contributed by atoms with E-state index in [1.807, 2.05) is 30.3 Å². The summed E-state index contributed by atoms with van der Waals surface area (Å²) in [6.07, 6.45) is 2.25. The number of nitrogens with zero attached hydrogens (tertiary/aromatic N) is 1. The van der Waals surface area contributed by atoms with Gasteiger partial charge in [0.05, 0.1) is 0 Å². The molecular formula is C15H19NO. The van der Waals surface area contributed by atoms with Crippen LogP contribution < -0.4 is 0 Å². The van der Waals surface area contributed by atoms with E-state index in [2.05, 4.69) is 23.8 Å². The maximum atomic E-state index is 4.93. The van der Waals surface area contributed by atoms with Crippen LogP contribution in [0.3, 0.4) is 0 Å². The first-order chi connectivity index (χ1) is 8.38. The minimum atomic E-state index is 0.444. The van der Waals surface area contributed by atoms with E-state index in [9.17, 15) is 0 Å². The first kappa shape index (κ1) is 13.5. The minimum Gasteiger partial charge on any atom is -0.372 e. The van der Waals surface area contributed by atoms with Crippen molar-refractivity contribution in [2.45, 2.75) is 19.8 Å². The molecule has 0 aromatic heterocycles. The normalized spacial score (nSPS) is 10.8. The number of hydrogen-bond acceptors (Lipinski definition) is 2. The van der Waals surface area contributed by atoms with Gasteiger partial charge in [0.15, 0.2) is 0 Å². The maximum absolute atomic E-state index is 4.93. The van der Waals surface area contributed by atoms with E-state index >= 15 is 0 Å². The van der Waals surface area contributed by atoms with Crippen molar-refractivity contribution in [1.82, 2.24) is 0 Å². The molecule has 1 aromatic carbocycles. The number of hydrogen-bond donors (Lipinski definition) is 0. The molecule has 0 bridgehead atoms. The van der Waals surface area contributed by atoms with Gasteiger partial charge in [-0.3, -0.25) is 4.99 Å². The SMILES string of the molecule is CCCCN=C(C#CCOC)c1ccccc1. The molecule has 0 fully saturated rings. The highest BCUT2D eigenvalue weighted by Gasteiger charge is 1.97. The van der Waals surface area contributed by atoms with Gasteiger partial charge in [0, 0.05) is 19.2 Å². The van der Waals surface area contributed by atoms with Gasteiger partial charge >= 0.3 is 0 Å². The number of rotatable bonds is 5. The minimum absolute atomic E-state index is 0.444. The Hall–Kier alpha value is -1.59. The molecule has 1 aromatic rings. The molecule has 0 N–H and O–H groups in total. The van der Waals surface area contributed by atoms with Crippen LogP contribution in [0.4, 0.5) is 0 Å². The lowest BCUT2D eigenvalue weighted by atomic mass is 10.1. The van der Waals surface area contributed by atoms with Gasteiger partial charge in [0.25, 0.3) is 0 Å². The number of unbranched alkanes of at least 4 members (excludes halogenated alkanes) is 1. The van der Waals surface area contributed by atoms with Crippen molar-refractivity contribution in [2.75, 3.05) is 20.3 Å². The van der Waals surface area contributed by atoms with Crippen LogP contribution in [0.5, 0.6) is 0 Å². The van der Waals surface area contributed by atoms with Crippen molar-refractivity contribution >= 4 is 5.71 Å². The van der Waals surface area contributed by atoms with Crippen LogP contribution in [0, 0.1) is 11.8 Å². The molecule has 0 unspecified atom stereocenters. The summed E-state index contributed by atoms with van der Waals surface area (Å²) >= 11 is 0. The van der Waals surface area contributed by atoms with Gasteiger partial charge in [-0.1, -0.05) is 49.6 Å². The van der Waals surface area contributed by atoms with E-state index in [-0.39, 0.29) is 0 Å². The first-order valence-electron chi connectivity index (χ1n) is 5.96. The Morgan fingerprint density at radius 3 is 2.71 bits per heavy atom. The second kappa shape index (κ2) is 8.55. The molecular weight excluding hydrogens is 210 g/mol. The third-order valence-corrected chi connectivity index (χ3v) is 2.25. The molecule has 0 heterocycles. The summed E-state index contributed by atoms with van der Waals surface area (Å²) in [7, 11) is 1.64. The lowest BCUT2D eigenvalue weighted by molar-refractivity contribution is 0.240. The number of benzene rings is 1. The van der Waals surface area contributed by atoms with Gasteiger partial charge in [0.2, 0.25) is 0 Å². The molecule has 0 saturated heterocycles. The summed E-state index contributed by atoms with van der Waals surface area (Å²) in [5.74, 6) is 6.03. The van der Waals surface area contributed by atoms with Gasteiger partial charge in [-0.05, 0) is 12.3 Å². The van der Waals surface area contributed by atoms with Crippen molar-refractivity contribution in [3.05, 3.63) is 35.9 Å². The fourth-order valence-electron chi connectivity index (χ4n) is 1.34. The quantitative estimate of drug-likeness (QED) is 0.432. The third-order valence-electron chi connectivity index (χ3n) is 2.25. The van der Waals surface area contributed by atoms with Crippen LogP contribution in [0.1, 0.15) is 25.3 Å². The average Bonchev–Trinajstić information content (AvgIpc) is 2.38. The molecule has 0 aliphatic heterocycles. The van der Waals surface area contributed by atoms with Crippen molar-refractivity contribution in [1.29, 1.82) is 0 Å². The van der Waals surface area contributed by atoms with Crippen LogP contribution in [0.25, 0.3) is 0 Å². The van der Waals surface area contributed by atoms with Crippen LogP contribution in [-0.4, -0.2) is 26.0 Å². The molecule has 0 amide bonds. The van der Waals surface area contributed by atoms with Crippen molar-refractivity contribution in [3.8, 4) is 11.8 Å². The van der Waals surface area contributed by atoms with Crippen LogP contribution >= 0.6 is 0 Å². The summed E-state index contributed by atoms with van der Waals surface area (Å²) in [5.41, 5.74) is 1.93. The zero-order chi connectivity index (χ0) is 12.3. The van der Waals surface area contributed by atoms with Crippen LogP contribution in [-0.2, 0) is 4.74 Å². The van der Waals surface area contributed by atoms with Crippen molar-refractivity contribution < 1.29 is 4.74 Å². The van der Waals surface area contributed by atoms with Gasteiger partial charge < -0.3 is 4.74 Å². The van der Waals surface area contributed by atoms with Gasteiger partial charge in [-0.25, -0.2) is 0 Å². The summed E-state index contributed by atoms with van der Waals surface area (Å²) in [4.78, 5) is 4.54. The Kier molecular flexibility index (Phi) is 6.78. The van der Waals surface area contributed by atoms with Gasteiger partial charge in [-0.15, -0.1) is 0 Å². The Labute approximate surface area is 104 Å². The maximum Gasteiger partial charge on any atom is 0.114 e. The summed E-state index contributed by atoms with van der Waals surface area (Å²) in [6.45, 7) is 3.44. The Balaban J connectivity index is 2.80. The van der Waals surface area contributed by atoms with Crippen LogP contribution in [0.2, 0.25) is 0 Å². The third kappa shape index (κ3) is 5.33. The standard InChI is InChI=1S/C15H19NO/c1-3-4-12-16-15(11-8-13-17-2)14-9-6-5-7-10-14/h5-7,9-10H,3-4,12-13H2,1-2H3. The summed E-state index contributed by atoms with van der Waals surface area (Å²) < 4.78 is 4.93. The Morgan fingerprint density at radius 1 is 1.29 bits per heavy atom. The number of ether oxygens (including phenoxy) is 1. The zero-order valence-electron chi connectivity index (χ0n) is 10.6. The largest absolute Gasteiger partial charge is 0.372 e. The van der Waals surface area contributed by atoms with Gasteiger partial charge in [0.1, 0.15) is 12.3 Å². The van der Waals surface area contributed by atoms with E-state index in [0.717, 1.165) is 30.7 Å². The van der Waals surface area contributed by atoms with Gasteiger partial charge in [-0.2, -0.15) is 0 Å². The number of methoxy groups -OCH3 is 1. The highest BCUT2D eigenvalue weighted by molar-refractivity contribution is 6.13. The molecule has 2 nitrogen and oxygen atoms in total. The van der Waals surface area contributed by atoms with E-state index in [4.69, 9.17) is 4.74 Å². The highest BCUT2D eigenvalue weighted by atomic mass is 16.5. The molecule has 0 atom stereocenters. The fourth-order valence-corrected chi connectivity index (χ4v) is 1.34. The monoisotopic (exact) mass is 229 g/mol. The van der Waals surface area contributed by atoms with E-state index in [1.54, 1.807) is 7.11 Å². The highest BCUT2D eigenvalue weighted by Crippen LogP contribution is 2.01. The predicted octanol–water partition coefficient (Wildman–Crippen LogP) is 2.93. The van der Waals surface area contributed by atoms with E-state index in [0.29, 0.717) is 6.61 Å². The molecule has 0 aliphatic carbocycles. The molecule has 0 spiro atoms. The number of aliphatic imine (C=N–C) groups is 1. The lowest BCUT2D eigenvalue weighted by Crippen LogP contribution is -1.99.